The van der Waals surface area contributed by atoms with E-state index in [2.05, 4.69) is 10.4 Å². The SMILES string of the molecule is COC(=O)c1ccc(C)c(NC(=O)c2c(C)nn(Cc3ccc(C)cc3)c2Cl)c1. The van der Waals surface area contributed by atoms with Crippen molar-refractivity contribution < 1.29 is 14.3 Å². The van der Waals surface area contributed by atoms with Gasteiger partial charge in [0.15, 0.2) is 0 Å². The van der Waals surface area contributed by atoms with Crippen LogP contribution >= 0.6 is 11.6 Å². The van der Waals surface area contributed by atoms with E-state index in [9.17, 15) is 9.59 Å². The summed E-state index contributed by atoms with van der Waals surface area (Å²) in [4.78, 5) is 24.7. The molecule has 1 heterocycles. The molecule has 150 valence electrons. The molecule has 3 rings (SSSR count). The summed E-state index contributed by atoms with van der Waals surface area (Å²) in [5.41, 5.74) is 4.72. The number of benzene rings is 2. The van der Waals surface area contributed by atoms with Crippen LogP contribution in [0, 0.1) is 20.8 Å². The van der Waals surface area contributed by atoms with Crippen molar-refractivity contribution in [2.24, 2.45) is 0 Å². The van der Waals surface area contributed by atoms with Gasteiger partial charge in [0.05, 0.1) is 30.5 Å². The molecule has 2 aromatic carbocycles. The van der Waals surface area contributed by atoms with E-state index in [1.54, 1.807) is 29.8 Å². The Labute approximate surface area is 174 Å². The molecule has 0 atom stereocenters. The number of methoxy groups -OCH3 is 1. The van der Waals surface area contributed by atoms with Crippen LogP contribution in [-0.4, -0.2) is 28.8 Å². The van der Waals surface area contributed by atoms with Gasteiger partial charge in [-0.25, -0.2) is 9.48 Å². The average Bonchev–Trinajstić information content (AvgIpc) is 2.97. The van der Waals surface area contributed by atoms with Crippen molar-refractivity contribution in [2.45, 2.75) is 27.3 Å². The highest BCUT2D eigenvalue weighted by Gasteiger charge is 2.21. The molecule has 0 saturated heterocycles. The minimum absolute atomic E-state index is 0.266. The number of hydrogen-bond acceptors (Lipinski definition) is 4. The summed E-state index contributed by atoms with van der Waals surface area (Å²) in [6, 6.07) is 13.0. The second-order valence-corrected chi connectivity index (χ2v) is 7.23. The van der Waals surface area contributed by atoms with Crippen LogP contribution in [0.3, 0.4) is 0 Å². The molecule has 0 bridgehead atoms. The minimum atomic E-state index is -0.472. The molecule has 0 aliphatic heterocycles. The number of halogens is 1. The van der Waals surface area contributed by atoms with Crippen LogP contribution in [0.1, 0.15) is 43.1 Å². The largest absolute Gasteiger partial charge is 0.465 e. The van der Waals surface area contributed by atoms with Crippen LogP contribution in [0.5, 0.6) is 0 Å². The first-order valence-electron chi connectivity index (χ1n) is 9.09. The molecular weight excluding hydrogens is 390 g/mol. The standard InChI is InChI=1S/C22H22ClN3O3/c1-13-5-8-16(9-6-13)12-26-20(23)19(15(3)25-26)21(27)24-18-11-17(22(28)29-4)10-7-14(18)2/h5-11H,12H2,1-4H3,(H,24,27). The van der Waals surface area contributed by atoms with Gasteiger partial charge in [-0.1, -0.05) is 47.5 Å². The number of esters is 1. The van der Waals surface area contributed by atoms with Gasteiger partial charge in [-0.05, 0) is 44.0 Å². The van der Waals surface area contributed by atoms with Crippen molar-refractivity contribution in [3.63, 3.8) is 0 Å². The summed E-state index contributed by atoms with van der Waals surface area (Å²) in [5, 5.41) is 7.52. The van der Waals surface area contributed by atoms with Crippen LogP contribution in [0.2, 0.25) is 5.15 Å². The first kappa shape index (κ1) is 20.6. The molecule has 3 aromatic rings. The van der Waals surface area contributed by atoms with Crippen molar-refractivity contribution in [3.05, 3.63) is 81.1 Å². The van der Waals surface area contributed by atoms with E-state index in [-0.39, 0.29) is 11.1 Å². The number of hydrogen-bond donors (Lipinski definition) is 1. The third-order valence-electron chi connectivity index (χ3n) is 4.65. The Morgan fingerprint density at radius 3 is 2.45 bits per heavy atom. The number of nitrogens with one attached hydrogen (secondary N) is 1. The molecule has 6 nitrogen and oxygen atoms in total. The van der Waals surface area contributed by atoms with Crippen LogP contribution in [0.4, 0.5) is 5.69 Å². The van der Waals surface area contributed by atoms with E-state index in [0.29, 0.717) is 29.1 Å². The zero-order valence-electron chi connectivity index (χ0n) is 16.7. The summed E-state index contributed by atoms with van der Waals surface area (Å²) in [5.74, 6) is -0.853. The van der Waals surface area contributed by atoms with Gasteiger partial charge >= 0.3 is 5.97 Å². The maximum absolute atomic E-state index is 12.9. The third kappa shape index (κ3) is 4.49. The lowest BCUT2D eigenvalue weighted by atomic mass is 10.1. The Balaban J connectivity index is 1.86. The second kappa shape index (κ2) is 8.49. The van der Waals surface area contributed by atoms with Gasteiger partial charge < -0.3 is 10.1 Å². The number of rotatable bonds is 5. The second-order valence-electron chi connectivity index (χ2n) is 6.87. The molecule has 0 aliphatic rings. The van der Waals surface area contributed by atoms with Crippen molar-refractivity contribution in [1.29, 1.82) is 0 Å². The number of amides is 1. The zero-order valence-corrected chi connectivity index (χ0v) is 17.5. The maximum atomic E-state index is 12.9. The highest BCUT2D eigenvalue weighted by atomic mass is 35.5. The highest BCUT2D eigenvalue weighted by Crippen LogP contribution is 2.24. The van der Waals surface area contributed by atoms with E-state index in [4.69, 9.17) is 16.3 Å². The first-order chi connectivity index (χ1) is 13.8. The predicted molar refractivity (Wildman–Crippen MR) is 113 cm³/mol. The third-order valence-corrected chi connectivity index (χ3v) is 5.04. The predicted octanol–water partition coefficient (Wildman–Crippen LogP) is 4.55. The molecule has 0 radical (unpaired) electrons. The van der Waals surface area contributed by atoms with E-state index in [1.165, 1.54) is 12.7 Å². The fourth-order valence-corrected chi connectivity index (χ4v) is 3.29. The quantitative estimate of drug-likeness (QED) is 0.625. The van der Waals surface area contributed by atoms with Crippen molar-refractivity contribution in [3.8, 4) is 0 Å². The fraction of sp³-hybridized carbons (Fsp3) is 0.227. The smallest absolute Gasteiger partial charge is 0.337 e. The number of aryl methyl sites for hydroxylation is 3. The number of ether oxygens (including phenoxy) is 1. The van der Waals surface area contributed by atoms with Crippen molar-refractivity contribution in [1.82, 2.24) is 9.78 Å². The van der Waals surface area contributed by atoms with Crippen LogP contribution in [0.25, 0.3) is 0 Å². The lowest BCUT2D eigenvalue weighted by Gasteiger charge is -2.10. The monoisotopic (exact) mass is 411 g/mol. The maximum Gasteiger partial charge on any atom is 0.337 e. The van der Waals surface area contributed by atoms with Gasteiger partial charge in [0.2, 0.25) is 0 Å². The molecule has 7 heteroatoms. The van der Waals surface area contributed by atoms with Crippen molar-refractivity contribution in [2.75, 3.05) is 12.4 Å². The molecule has 0 fully saturated rings. The normalized spacial score (nSPS) is 10.7. The molecule has 0 unspecified atom stereocenters. The molecule has 1 amide bonds. The van der Waals surface area contributed by atoms with Crippen LogP contribution < -0.4 is 5.32 Å². The lowest BCUT2D eigenvalue weighted by Crippen LogP contribution is -2.15. The molecule has 1 N–H and O–H groups in total. The summed E-state index contributed by atoms with van der Waals surface area (Å²) < 4.78 is 6.35. The summed E-state index contributed by atoms with van der Waals surface area (Å²) in [7, 11) is 1.31. The van der Waals surface area contributed by atoms with E-state index in [1.807, 2.05) is 38.1 Å². The number of aromatic nitrogens is 2. The van der Waals surface area contributed by atoms with Crippen LogP contribution in [-0.2, 0) is 11.3 Å². The summed E-state index contributed by atoms with van der Waals surface area (Å²) in [6.07, 6.45) is 0. The summed E-state index contributed by atoms with van der Waals surface area (Å²) in [6.45, 7) is 6.06. The molecule has 0 saturated carbocycles. The molecule has 0 spiro atoms. The Bertz CT molecular complexity index is 1070. The number of carbonyl (C=O) groups is 2. The zero-order chi connectivity index (χ0) is 21.1. The van der Waals surface area contributed by atoms with Gasteiger partial charge in [-0.3, -0.25) is 4.79 Å². The lowest BCUT2D eigenvalue weighted by molar-refractivity contribution is 0.0600. The van der Waals surface area contributed by atoms with E-state index < -0.39 is 5.97 Å². The van der Waals surface area contributed by atoms with Gasteiger partial charge in [0.25, 0.3) is 5.91 Å². The molecular formula is C22H22ClN3O3. The molecule has 29 heavy (non-hydrogen) atoms. The number of anilines is 1. The Hall–Kier alpha value is -3.12. The van der Waals surface area contributed by atoms with Gasteiger partial charge in [-0.15, -0.1) is 0 Å². The average molecular weight is 412 g/mol. The Morgan fingerprint density at radius 1 is 1.10 bits per heavy atom. The topological polar surface area (TPSA) is 73.2 Å². The minimum Gasteiger partial charge on any atom is -0.465 e. The summed E-state index contributed by atoms with van der Waals surface area (Å²) >= 11 is 6.48. The Morgan fingerprint density at radius 2 is 1.79 bits per heavy atom. The van der Waals surface area contributed by atoms with Gasteiger partial charge in [0, 0.05) is 5.69 Å². The first-order valence-corrected chi connectivity index (χ1v) is 9.46. The molecule has 0 aliphatic carbocycles. The number of nitrogens with zero attached hydrogens (tertiary/aromatic N) is 2. The van der Waals surface area contributed by atoms with Gasteiger partial charge in [-0.2, -0.15) is 5.10 Å². The fourth-order valence-electron chi connectivity index (χ4n) is 2.97. The van der Waals surface area contributed by atoms with Crippen molar-refractivity contribution >= 4 is 29.2 Å². The Kier molecular flexibility index (Phi) is 6.03. The van der Waals surface area contributed by atoms with E-state index in [0.717, 1.165) is 11.1 Å². The van der Waals surface area contributed by atoms with E-state index >= 15 is 0 Å². The molecule has 1 aromatic heterocycles. The van der Waals surface area contributed by atoms with Gasteiger partial charge in [0.1, 0.15) is 5.15 Å². The van der Waals surface area contributed by atoms with Crippen LogP contribution in [0.15, 0.2) is 42.5 Å². The number of carbonyl (C=O) groups excluding carboxylic acids is 2. The highest BCUT2D eigenvalue weighted by molar-refractivity contribution is 6.33.